The summed E-state index contributed by atoms with van der Waals surface area (Å²) in [6, 6.07) is 12.0. The molecule has 1 unspecified atom stereocenters. The van der Waals surface area contributed by atoms with Gasteiger partial charge in [-0.3, -0.25) is 13.9 Å². The van der Waals surface area contributed by atoms with E-state index in [-0.39, 0.29) is 17.9 Å². The molecule has 1 N–H and O–H groups in total. The van der Waals surface area contributed by atoms with Gasteiger partial charge in [0.1, 0.15) is 12.6 Å². The Morgan fingerprint density at radius 3 is 2.05 bits per heavy atom. The second-order valence-electron chi connectivity index (χ2n) is 12.3. The molecule has 4 aliphatic carbocycles. The van der Waals surface area contributed by atoms with E-state index in [1.807, 2.05) is 19.1 Å². The molecule has 2 amide bonds. The van der Waals surface area contributed by atoms with Gasteiger partial charge in [0.2, 0.25) is 21.8 Å². The number of carbonyl (C=O) groups excluding carboxylic acids is 2. The SMILES string of the molecule is CCC(C(=O)NC)N(Cc1ccc(Cl)c(Cl)c1)C(=O)CN(c1ccc(C23CC4CC(CC(C4)C2)C3)cc1)S(C)(=O)=O. The smallest absolute Gasteiger partial charge is 0.244 e. The molecule has 0 heterocycles. The average Bonchev–Trinajstić information content (AvgIpc) is 2.92. The van der Waals surface area contributed by atoms with Crippen molar-refractivity contribution in [2.45, 2.75) is 69.9 Å². The van der Waals surface area contributed by atoms with Crippen LogP contribution in [0.5, 0.6) is 0 Å². The number of hydrogen-bond donors (Lipinski definition) is 1. The van der Waals surface area contributed by atoms with Gasteiger partial charge < -0.3 is 10.2 Å². The number of nitrogens with zero attached hydrogens (tertiary/aromatic N) is 2. The van der Waals surface area contributed by atoms with E-state index in [2.05, 4.69) is 17.4 Å². The Kier molecular flexibility index (Phi) is 8.66. The van der Waals surface area contributed by atoms with Crippen LogP contribution in [0.2, 0.25) is 10.0 Å². The maximum atomic E-state index is 13.8. The van der Waals surface area contributed by atoms with E-state index < -0.39 is 28.5 Å². The molecule has 1 atom stereocenters. The van der Waals surface area contributed by atoms with Gasteiger partial charge in [0.15, 0.2) is 0 Å². The van der Waals surface area contributed by atoms with Crippen LogP contribution in [-0.4, -0.2) is 51.0 Å². The van der Waals surface area contributed by atoms with Crippen LogP contribution in [0, 0.1) is 17.8 Å². The Hall–Kier alpha value is -2.29. The Morgan fingerprint density at radius 1 is 0.976 bits per heavy atom. The highest BCUT2D eigenvalue weighted by atomic mass is 35.5. The molecule has 222 valence electrons. The monoisotopic (exact) mass is 619 g/mol. The molecule has 4 bridgehead atoms. The van der Waals surface area contributed by atoms with E-state index in [1.54, 1.807) is 18.2 Å². The first-order valence-electron chi connectivity index (χ1n) is 14.5. The normalized spacial score (nSPS) is 25.5. The van der Waals surface area contributed by atoms with E-state index in [1.165, 1.54) is 56.0 Å². The number of benzene rings is 2. The zero-order valence-corrected chi connectivity index (χ0v) is 26.2. The summed E-state index contributed by atoms with van der Waals surface area (Å²) in [4.78, 5) is 28.0. The van der Waals surface area contributed by atoms with E-state index in [9.17, 15) is 18.0 Å². The second-order valence-corrected chi connectivity index (χ2v) is 15.0. The number of hydrogen-bond acceptors (Lipinski definition) is 4. The predicted octanol–water partition coefficient (Wildman–Crippen LogP) is 5.78. The summed E-state index contributed by atoms with van der Waals surface area (Å²) in [5.74, 6) is 1.60. The van der Waals surface area contributed by atoms with Crippen molar-refractivity contribution >= 4 is 50.7 Å². The van der Waals surface area contributed by atoms with Crippen molar-refractivity contribution in [1.29, 1.82) is 0 Å². The lowest BCUT2D eigenvalue weighted by Crippen LogP contribution is -2.51. The lowest BCUT2D eigenvalue weighted by molar-refractivity contribution is -0.140. The van der Waals surface area contributed by atoms with Gasteiger partial charge in [-0.05, 0) is 104 Å². The summed E-state index contributed by atoms with van der Waals surface area (Å²) in [5.41, 5.74) is 2.60. The van der Waals surface area contributed by atoms with E-state index in [0.29, 0.717) is 27.7 Å². The Labute approximate surface area is 253 Å². The molecule has 10 heteroatoms. The van der Waals surface area contributed by atoms with Crippen LogP contribution in [0.3, 0.4) is 0 Å². The van der Waals surface area contributed by atoms with Crippen molar-refractivity contribution < 1.29 is 18.0 Å². The number of rotatable bonds is 10. The molecule has 4 fully saturated rings. The summed E-state index contributed by atoms with van der Waals surface area (Å²) < 4.78 is 27.2. The molecule has 0 spiro atoms. The van der Waals surface area contributed by atoms with Gasteiger partial charge in [-0.2, -0.15) is 0 Å². The molecule has 7 nitrogen and oxygen atoms in total. The highest BCUT2D eigenvalue weighted by Gasteiger charge is 2.51. The molecule has 41 heavy (non-hydrogen) atoms. The van der Waals surface area contributed by atoms with Crippen LogP contribution in [0.1, 0.15) is 63.0 Å². The third kappa shape index (κ3) is 6.25. The molecule has 2 aromatic rings. The molecule has 0 radical (unpaired) electrons. The number of sulfonamides is 1. The molecule has 0 saturated heterocycles. The van der Waals surface area contributed by atoms with Crippen LogP contribution in [0.25, 0.3) is 0 Å². The van der Waals surface area contributed by atoms with Gasteiger partial charge in [0.25, 0.3) is 0 Å². The fraction of sp³-hybridized carbons (Fsp3) is 0.548. The summed E-state index contributed by atoms with van der Waals surface area (Å²) in [6.45, 7) is 1.46. The lowest BCUT2D eigenvalue weighted by Gasteiger charge is -2.57. The summed E-state index contributed by atoms with van der Waals surface area (Å²) in [5, 5.41) is 3.34. The Balaban J connectivity index is 1.41. The van der Waals surface area contributed by atoms with Gasteiger partial charge in [-0.1, -0.05) is 48.3 Å². The van der Waals surface area contributed by atoms with E-state index in [0.717, 1.165) is 28.3 Å². The molecule has 6 rings (SSSR count). The molecular formula is C31H39Cl2N3O4S. The average molecular weight is 621 g/mol. The van der Waals surface area contributed by atoms with Crippen molar-refractivity contribution in [3.8, 4) is 0 Å². The van der Waals surface area contributed by atoms with Crippen LogP contribution in [-0.2, 0) is 31.6 Å². The topological polar surface area (TPSA) is 86.8 Å². The van der Waals surface area contributed by atoms with Crippen molar-refractivity contribution in [2.75, 3.05) is 24.2 Å². The maximum Gasteiger partial charge on any atom is 0.244 e. The fourth-order valence-corrected chi connectivity index (χ4v) is 9.15. The molecule has 0 aliphatic heterocycles. The predicted molar refractivity (Wildman–Crippen MR) is 164 cm³/mol. The van der Waals surface area contributed by atoms with E-state index >= 15 is 0 Å². The molecule has 4 aliphatic rings. The number of likely N-dealkylation sites (N-methyl/N-ethyl adjacent to an activating group) is 1. The van der Waals surface area contributed by atoms with Gasteiger partial charge >= 0.3 is 0 Å². The van der Waals surface area contributed by atoms with Gasteiger partial charge in [-0.25, -0.2) is 8.42 Å². The standard InChI is InChI=1S/C31H39Cl2N3O4S/c1-4-28(30(38)34-2)35(18-20-5-10-26(32)27(33)14-20)29(37)19-36(41(3,39)40)25-8-6-24(7-9-25)31-15-21-11-22(16-31)13-23(12-21)17-31/h5-10,14,21-23,28H,4,11-13,15-19H2,1-3H3,(H,34,38). The molecular weight excluding hydrogens is 581 g/mol. The third-order valence-corrected chi connectivity index (χ3v) is 11.3. The second kappa shape index (κ2) is 11.8. The minimum absolute atomic E-state index is 0.0736. The van der Waals surface area contributed by atoms with Crippen LogP contribution in [0.4, 0.5) is 5.69 Å². The van der Waals surface area contributed by atoms with Crippen molar-refractivity contribution in [3.05, 3.63) is 63.6 Å². The number of amides is 2. The molecule has 4 saturated carbocycles. The lowest BCUT2D eigenvalue weighted by atomic mass is 9.48. The fourth-order valence-electron chi connectivity index (χ4n) is 7.98. The molecule has 2 aromatic carbocycles. The largest absolute Gasteiger partial charge is 0.357 e. The van der Waals surface area contributed by atoms with Crippen molar-refractivity contribution in [3.63, 3.8) is 0 Å². The van der Waals surface area contributed by atoms with Gasteiger partial charge in [0.05, 0.1) is 22.0 Å². The van der Waals surface area contributed by atoms with Crippen LogP contribution < -0.4 is 9.62 Å². The maximum absolute atomic E-state index is 13.8. The van der Waals surface area contributed by atoms with Crippen LogP contribution >= 0.6 is 23.2 Å². The number of carbonyl (C=O) groups is 2. The van der Waals surface area contributed by atoms with Gasteiger partial charge in [-0.15, -0.1) is 0 Å². The number of anilines is 1. The van der Waals surface area contributed by atoms with Crippen molar-refractivity contribution in [2.24, 2.45) is 17.8 Å². The van der Waals surface area contributed by atoms with E-state index in [4.69, 9.17) is 23.2 Å². The molecule has 0 aromatic heterocycles. The minimum Gasteiger partial charge on any atom is -0.357 e. The van der Waals surface area contributed by atoms with Crippen LogP contribution in [0.15, 0.2) is 42.5 Å². The number of nitrogens with one attached hydrogen (secondary N) is 1. The summed E-state index contributed by atoms with van der Waals surface area (Å²) >= 11 is 12.3. The highest BCUT2D eigenvalue weighted by molar-refractivity contribution is 7.92. The summed E-state index contributed by atoms with van der Waals surface area (Å²) in [7, 11) is -2.29. The first-order chi connectivity index (χ1) is 19.4. The highest BCUT2D eigenvalue weighted by Crippen LogP contribution is 2.60. The third-order valence-electron chi connectivity index (χ3n) is 9.45. The quantitative estimate of drug-likeness (QED) is 0.365. The first kappa shape index (κ1) is 30.2. The Morgan fingerprint density at radius 2 is 1.56 bits per heavy atom. The number of halogens is 2. The zero-order chi connectivity index (χ0) is 29.5. The first-order valence-corrected chi connectivity index (χ1v) is 17.1. The minimum atomic E-state index is -3.80. The van der Waals surface area contributed by atoms with Crippen molar-refractivity contribution in [1.82, 2.24) is 10.2 Å². The summed E-state index contributed by atoms with van der Waals surface area (Å²) in [6.07, 6.45) is 9.17. The van der Waals surface area contributed by atoms with Gasteiger partial charge in [0, 0.05) is 13.6 Å². The zero-order valence-electron chi connectivity index (χ0n) is 23.9. The Bertz CT molecular complexity index is 1380.